The average molecular weight is 473 g/mol. The number of esters is 1. The number of hydrogen-bond donors (Lipinski definition) is 1. The molecule has 1 saturated carbocycles. The number of halogens is 1. The van der Waals surface area contributed by atoms with Gasteiger partial charge in [0.25, 0.3) is 0 Å². The maximum atomic E-state index is 15.2. The van der Waals surface area contributed by atoms with Gasteiger partial charge in [-0.2, -0.15) is 0 Å². The Kier molecular flexibility index (Phi) is 7.82. The highest BCUT2D eigenvalue weighted by atomic mass is 19.1. The zero-order chi connectivity index (χ0) is 24.9. The largest absolute Gasteiger partial charge is 0.423 e. The molecule has 3 aromatic rings. The zero-order valence-electron chi connectivity index (χ0n) is 20.5. The smallest absolute Gasteiger partial charge is 0.338 e. The molecule has 0 heterocycles. The highest BCUT2D eigenvalue weighted by Crippen LogP contribution is 2.37. The third kappa shape index (κ3) is 5.88. The van der Waals surface area contributed by atoms with E-state index in [1.165, 1.54) is 31.2 Å². The van der Waals surface area contributed by atoms with Gasteiger partial charge in [-0.1, -0.05) is 74.9 Å². The zero-order valence-corrected chi connectivity index (χ0v) is 20.5. The Balaban J connectivity index is 1.57. The number of carbonyl (C=O) groups is 1. The fourth-order valence-corrected chi connectivity index (χ4v) is 4.80. The van der Waals surface area contributed by atoms with E-state index in [9.17, 15) is 9.90 Å². The molecule has 0 radical (unpaired) electrons. The lowest BCUT2D eigenvalue weighted by molar-refractivity contribution is -0.130. The van der Waals surface area contributed by atoms with Gasteiger partial charge in [-0.15, -0.1) is 0 Å². The first-order chi connectivity index (χ1) is 16.9. The number of ether oxygens (including phenoxy) is 1. The second kappa shape index (κ2) is 11.0. The molecule has 0 aliphatic heterocycles. The Labute approximate surface area is 207 Å². The molecule has 1 fully saturated rings. The van der Waals surface area contributed by atoms with E-state index in [0.29, 0.717) is 34.8 Å². The molecule has 0 spiro atoms. The Morgan fingerprint density at radius 2 is 1.63 bits per heavy atom. The monoisotopic (exact) mass is 472 g/mol. The predicted molar refractivity (Wildman–Crippen MR) is 139 cm³/mol. The first kappa shape index (κ1) is 24.9. The predicted octanol–water partition coefficient (Wildman–Crippen LogP) is 7.47. The minimum absolute atomic E-state index is 0.0846. The molecule has 1 aliphatic rings. The molecular formula is C31H33FO3. The van der Waals surface area contributed by atoms with Crippen LogP contribution in [0.15, 0.2) is 72.8 Å². The lowest BCUT2D eigenvalue weighted by Gasteiger charge is -2.26. The molecule has 0 aromatic heterocycles. The maximum absolute atomic E-state index is 15.2. The molecule has 1 N–H and O–H groups in total. The van der Waals surface area contributed by atoms with Gasteiger partial charge in [-0.25, -0.2) is 9.18 Å². The highest BCUT2D eigenvalue weighted by Gasteiger charge is 2.20. The third-order valence-electron chi connectivity index (χ3n) is 7.01. The van der Waals surface area contributed by atoms with Crippen LogP contribution in [0.25, 0.3) is 22.3 Å². The molecule has 35 heavy (non-hydrogen) atoms. The van der Waals surface area contributed by atoms with Crippen molar-refractivity contribution in [1.29, 1.82) is 0 Å². The van der Waals surface area contributed by atoms with Gasteiger partial charge in [-0.3, -0.25) is 0 Å². The number of carbonyl (C=O) groups excluding carboxylic acids is 1. The second-order valence-electron chi connectivity index (χ2n) is 9.74. The summed E-state index contributed by atoms with van der Waals surface area (Å²) in [5.74, 6) is 0.859. The molecule has 182 valence electrons. The minimum atomic E-state index is -0.552. The summed E-state index contributed by atoms with van der Waals surface area (Å²) in [4.78, 5) is 12.1. The van der Waals surface area contributed by atoms with Crippen molar-refractivity contribution in [1.82, 2.24) is 0 Å². The van der Waals surface area contributed by atoms with Crippen molar-refractivity contribution in [2.24, 2.45) is 5.92 Å². The van der Waals surface area contributed by atoms with Crippen LogP contribution in [-0.4, -0.2) is 17.7 Å². The van der Waals surface area contributed by atoms with Crippen LogP contribution in [0.5, 0.6) is 5.75 Å². The number of aliphatic hydroxyl groups excluding tert-OH is 1. The van der Waals surface area contributed by atoms with E-state index >= 15 is 4.39 Å². The summed E-state index contributed by atoms with van der Waals surface area (Å²) in [5.41, 5.74) is 5.14. The molecule has 4 rings (SSSR count). The Morgan fingerprint density at radius 3 is 2.26 bits per heavy atom. The fraction of sp³-hybridized carbons (Fsp3) is 0.323. The number of hydrogen-bond acceptors (Lipinski definition) is 3. The normalized spacial score (nSPS) is 17.7. The summed E-state index contributed by atoms with van der Waals surface area (Å²) in [5, 5.41) is 9.34. The van der Waals surface area contributed by atoms with Gasteiger partial charge in [-0.05, 0) is 78.0 Å². The van der Waals surface area contributed by atoms with E-state index in [0.717, 1.165) is 17.0 Å². The van der Waals surface area contributed by atoms with Gasteiger partial charge in [0.15, 0.2) is 0 Å². The van der Waals surface area contributed by atoms with E-state index in [1.807, 2.05) is 6.07 Å². The van der Waals surface area contributed by atoms with Crippen molar-refractivity contribution in [3.63, 3.8) is 0 Å². The van der Waals surface area contributed by atoms with E-state index in [1.54, 1.807) is 37.3 Å². The first-order valence-corrected chi connectivity index (χ1v) is 12.4. The third-order valence-corrected chi connectivity index (χ3v) is 7.01. The van der Waals surface area contributed by atoms with Crippen LogP contribution in [0, 0.1) is 11.7 Å². The minimum Gasteiger partial charge on any atom is -0.423 e. The van der Waals surface area contributed by atoms with Crippen LogP contribution in [0.1, 0.15) is 56.6 Å². The molecule has 4 heteroatoms. The topological polar surface area (TPSA) is 46.5 Å². The summed E-state index contributed by atoms with van der Waals surface area (Å²) >= 11 is 0. The van der Waals surface area contributed by atoms with Gasteiger partial charge in [0, 0.05) is 17.7 Å². The van der Waals surface area contributed by atoms with Crippen LogP contribution >= 0.6 is 0 Å². The molecule has 0 bridgehead atoms. The molecule has 0 atom stereocenters. The van der Waals surface area contributed by atoms with Crippen LogP contribution in [0.4, 0.5) is 4.39 Å². The maximum Gasteiger partial charge on any atom is 0.338 e. The van der Waals surface area contributed by atoms with Crippen molar-refractivity contribution in [3.05, 3.63) is 89.8 Å². The summed E-state index contributed by atoms with van der Waals surface area (Å²) in [6.45, 7) is 7.42. The van der Waals surface area contributed by atoms with Crippen LogP contribution in [-0.2, 0) is 11.2 Å². The Hall–Kier alpha value is -3.24. The second-order valence-corrected chi connectivity index (χ2v) is 9.74. The Bertz CT molecular complexity index is 1200. The van der Waals surface area contributed by atoms with Crippen LogP contribution in [0.3, 0.4) is 0 Å². The fourth-order valence-electron chi connectivity index (χ4n) is 4.80. The standard InChI is InChI=1S/C31H33FO3/c1-20(2)31(34)35-30-19-27(13-12-25(30)16-17-33)28-15-14-26(18-29(28)32)24-10-8-23(9-11-24)22-6-4-21(3)5-7-22/h8-15,18-19,21-22,33H,1,4-7,16-17H2,2-3H3. The van der Waals surface area contributed by atoms with Crippen molar-refractivity contribution < 1.29 is 19.0 Å². The summed E-state index contributed by atoms with van der Waals surface area (Å²) < 4.78 is 20.7. The molecule has 3 aromatic carbocycles. The summed E-state index contributed by atoms with van der Waals surface area (Å²) in [6.07, 6.45) is 5.38. The lowest BCUT2D eigenvalue weighted by atomic mass is 9.79. The van der Waals surface area contributed by atoms with Gasteiger partial charge in [0.2, 0.25) is 0 Å². The van der Waals surface area contributed by atoms with Crippen molar-refractivity contribution >= 4 is 5.97 Å². The number of benzene rings is 3. The average Bonchev–Trinajstić information content (AvgIpc) is 2.86. The molecule has 0 saturated heterocycles. The SMILES string of the molecule is C=C(C)C(=O)Oc1cc(-c2ccc(-c3ccc(C4CCC(C)CC4)cc3)cc2F)ccc1CCO. The van der Waals surface area contributed by atoms with Crippen LogP contribution < -0.4 is 4.74 Å². The van der Waals surface area contributed by atoms with Crippen molar-refractivity contribution in [3.8, 4) is 28.0 Å². The van der Waals surface area contributed by atoms with Crippen molar-refractivity contribution in [2.75, 3.05) is 6.61 Å². The van der Waals surface area contributed by atoms with Crippen LogP contribution in [0.2, 0.25) is 0 Å². The van der Waals surface area contributed by atoms with E-state index in [4.69, 9.17) is 4.74 Å². The van der Waals surface area contributed by atoms with Gasteiger partial charge in [0.05, 0.1) is 0 Å². The lowest BCUT2D eigenvalue weighted by Crippen LogP contribution is -2.10. The molecule has 0 unspecified atom stereocenters. The molecule has 0 amide bonds. The highest BCUT2D eigenvalue weighted by molar-refractivity contribution is 5.89. The van der Waals surface area contributed by atoms with Gasteiger partial charge in [0.1, 0.15) is 11.6 Å². The van der Waals surface area contributed by atoms with Gasteiger partial charge >= 0.3 is 5.97 Å². The quantitative estimate of drug-likeness (QED) is 0.220. The van der Waals surface area contributed by atoms with E-state index in [2.05, 4.69) is 37.8 Å². The summed E-state index contributed by atoms with van der Waals surface area (Å²) in [6, 6.07) is 18.9. The number of rotatable bonds is 7. The van der Waals surface area contributed by atoms with Gasteiger partial charge < -0.3 is 9.84 Å². The number of aliphatic hydroxyl groups is 1. The Morgan fingerprint density at radius 1 is 0.971 bits per heavy atom. The van der Waals surface area contributed by atoms with Crippen molar-refractivity contribution in [2.45, 2.75) is 51.9 Å². The van der Waals surface area contributed by atoms with E-state index in [-0.39, 0.29) is 18.0 Å². The first-order valence-electron chi connectivity index (χ1n) is 12.4. The molecule has 1 aliphatic carbocycles. The van der Waals surface area contributed by atoms with E-state index < -0.39 is 5.97 Å². The molecular weight excluding hydrogens is 439 g/mol. The molecule has 3 nitrogen and oxygen atoms in total. The summed E-state index contributed by atoms with van der Waals surface area (Å²) in [7, 11) is 0.